The van der Waals surface area contributed by atoms with Gasteiger partial charge in [-0.1, -0.05) is 36.9 Å². The molecule has 2 rings (SSSR count). The topological polar surface area (TPSA) is 49.3 Å². The van der Waals surface area contributed by atoms with Gasteiger partial charge in [-0.2, -0.15) is 0 Å². The highest BCUT2D eigenvalue weighted by atomic mass is 32.2. The number of hydrogen-bond donors (Lipinski definition) is 2. The van der Waals surface area contributed by atoms with Crippen LogP contribution >= 0.6 is 11.8 Å². The van der Waals surface area contributed by atoms with Gasteiger partial charge in [-0.05, 0) is 42.3 Å². The van der Waals surface area contributed by atoms with Gasteiger partial charge in [0.15, 0.2) is 0 Å². The molecular formula is C17H19NO2S. The lowest BCUT2D eigenvalue weighted by Crippen LogP contribution is -2.05. The van der Waals surface area contributed by atoms with E-state index >= 15 is 0 Å². The Bertz CT molecular complexity index is 610. The fraction of sp³-hybridized carbons (Fsp3) is 0.235. The predicted molar refractivity (Wildman–Crippen MR) is 86.6 cm³/mol. The Kier molecular flexibility index (Phi) is 5.42. The minimum atomic E-state index is -0.438. The van der Waals surface area contributed by atoms with E-state index in [1.54, 1.807) is 11.8 Å². The van der Waals surface area contributed by atoms with Crippen molar-refractivity contribution in [2.75, 3.05) is 5.32 Å². The van der Waals surface area contributed by atoms with Crippen molar-refractivity contribution < 1.29 is 9.90 Å². The first-order valence-corrected chi connectivity index (χ1v) is 7.74. The molecule has 0 aliphatic rings. The third kappa shape index (κ3) is 4.34. The van der Waals surface area contributed by atoms with E-state index < -0.39 is 6.10 Å². The molecule has 0 bridgehead atoms. The summed E-state index contributed by atoms with van der Waals surface area (Å²) in [7, 11) is 0. The minimum Gasteiger partial charge on any atom is -0.388 e. The first-order valence-electron chi connectivity index (χ1n) is 6.92. The monoisotopic (exact) mass is 301 g/mol. The van der Waals surface area contributed by atoms with Crippen molar-refractivity contribution in [1.82, 2.24) is 0 Å². The highest BCUT2D eigenvalue weighted by Gasteiger charge is 2.11. The smallest absolute Gasteiger partial charge is 0.221 e. The fourth-order valence-electron chi connectivity index (χ4n) is 2.01. The second-order valence-electron chi connectivity index (χ2n) is 4.77. The molecule has 2 N–H and O–H groups in total. The molecule has 0 fully saturated rings. The zero-order chi connectivity index (χ0) is 15.2. The number of carbonyl (C=O) groups excluding carboxylic acids is 1. The molecule has 0 radical (unpaired) electrons. The average molecular weight is 301 g/mol. The minimum absolute atomic E-state index is 0.0770. The van der Waals surface area contributed by atoms with E-state index in [1.165, 1.54) is 6.92 Å². The summed E-state index contributed by atoms with van der Waals surface area (Å²) in [5.74, 6) is -0.0770. The quantitative estimate of drug-likeness (QED) is 0.868. The number of aliphatic hydroxyl groups excluding tert-OH is 1. The highest BCUT2D eigenvalue weighted by Crippen LogP contribution is 2.34. The summed E-state index contributed by atoms with van der Waals surface area (Å²) in [6.45, 7) is 3.46. The predicted octanol–water partition coefficient (Wildman–Crippen LogP) is 4.24. The molecule has 2 aromatic rings. The van der Waals surface area contributed by atoms with E-state index in [2.05, 4.69) is 5.32 Å². The first kappa shape index (κ1) is 15.6. The van der Waals surface area contributed by atoms with Gasteiger partial charge in [0.2, 0.25) is 5.91 Å². The lowest BCUT2D eigenvalue weighted by atomic mass is 10.1. The number of anilines is 1. The van der Waals surface area contributed by atoms with Crippen molar-refractivity contribution in [2.45, 2.75) is 36.2 Å². The van der Waals surface area contributed by atoms with Gasteiger partial charge in [0, 0.05) is 22.4 Å². The van der Waals surface area contributed by atoms with E-state index in [0.717, 1.165) is 21.0 Å². The van der Waals surface area contributed by atoms with E-state index in [1.807, 2.05) is 55.5 Å². The van der Waals surface area contributed by atoms with Crippen LogP contribution in [0.15, 0.2) is 58.3 Å². The van der Waals surface area contributed by atoms with Crippen LogP contribution in [0.3, 0.4) is 0 Å². The molecule has 21 heavy (non-hydrogen) atoms. The van der Waals surface area contributed by atoms with Gasteiger partial charge in [-0.3, -0.25) is 4.79 Å². The molecule has 0 aromatic heterocycles. The van der Waals surface area contributed by atoms with Crippen LogP contribution in [0.2, 0.25) is 0 Å². The molecule has 0 spiro atoms. The summed E-state index contributed by atoms with van der Waals surface area (Å²) in [5.41, 5.74) is 1.74. The maximum atomic E-state index is 11.0. The summed E-state index contributed by atoms with van der Waals surface area (Å²) in [4.78, 5) is 13.1. The largest absolute Gasteiger partial charge is 0.388 e. The Morgan fingerprint density at radius 3 is 2.48 bits per heavy atom. The van der Waals surface area contributed by atoms with Crippen LogP contribution in [0, 0.1) is 0 Å². The van der Waals surface area contributed by atoms with Crippen molar-refractivity contribution in [1.29, 1.82) is 0 Å². The number of aliphatic hydroxyl groups is 1. The summed E-state index contributed by atoms with van der Waals surface area (Å²) in [6.07, 6.45) is 0.256. The number of benzene rings is 2. The zero-order valence-corrected chi connectivity index (χ0v) is 13.0. The lowest BCUT2D eigenvalue weighted by molar-refractivity contribution is -0.114. The summed E-state index contributed by atoms with van der Waals surface area (Å²) < 4.78 is 0. The Hall–Kier alpha value is -1.78. The zero-order valence-electron chi connectivity index (χ0n) is 12.2. The number of hydrogen-bond acceptors (Lipinski definition) is 3. The number of carbonyl (C=O) groups is 1. The molecule has 2 aromatic carbocycles. The van der Waals surface area contributed by atoms with Crippen LogP contribution in [0.1, 0.15) is 31.9 Å². The molecule has 0 aliphatic heterocycles. The van der Waals surface area contributed by atoms with E-state index in [0.29, 0.717) is 6.42 Å². The molecule has 0 unspecified atom stereocenters. The summed E-state index contributed by atoms with van der Waals surface area (Å²) in [5, 5.41) is 12.8. The second kappa shape index (κ2) is 7.29. The van der Waals surface area contributed by atoms with Crippen molar-refractivity contribution >= 4 is 23.4 Å². The molecule has 1 atom stereocenters. The van der Waals surface area contributed by atoms with Gasteiger partial charge in [-0.25, -0.2) is 0 Å². The SMILES string of the molecule is CC[C@H](O)c1ccccc1Sc1ccc(NC(C)=O)cc1. The van der Waals surface area contributed by atoms with E-state index in [9.17, 15) is 9.90 Å². The normalized spacial score (nSPS) is 12.0. The second-order valence-corrected chi connectivity index (χ2v) is 5.88. The maximum absolute atomic E-state index is 11.0. The van der Waals surface area contributed by atoms with Crippen molar-refractivity contribution in [3.05, 3.63) is 54.1 Å². The molecule has 4 heteroatoms. The Morgan fingerprint density at radius 2 is 1.86 bits per heavy atom. The first-order chi connectivity index (χ1) is 10.1. The van der Waals surface area contributed by atoms with Crippen LogP contribution in [0.4, 0.5) is 5.69 Å². The van der Waals surface area contributed by atoms with Crippen LogP contribution in [-0.4, -0.2) is 11.0 Å². The molecular weight excluding hydrogens is 282 g/mol. The third-order valence-electron chi connectivity index (χ3n) is 3.07. The lowest BCUT2D eigenvalue weighted by Gasteiger charge is -2.13. The number of nitrogens with one attached hydrogen (secondary N) is 1. The summed E-state index contributed by atoms with van der Waals surface area (Å²) in [6, 6.07) is 15.6. The fourth-order valence-corrected chi connectivity index (χ4v) is 3.00. The summed E-state index contributed by atoms with van der Waals surface area (Å²) >= 11 is 1.61. The molecule has 0 saturated heterocycles. The molecule has 3 nitrogen and oxygen atoms in total. The van der Waals surface area contributed by atoms with E-state index in [-0.39, 0.29) is 5.91 Å². The van der Waals surface area contributed by atoms with Gasteiger partial charge in [0.1, 0.15) is 0 Å². The number of rotatable bonds is 5. The van der Waals surface area contributed by atoms with Crippen molar-refractivity contribution in [2.24, 2.45) is 0 Å². The van der Waals surface area contributed by atoms with Crippen molar-refractivity contribution in [3.63, 3.8) is 0 Å². The Balaban J connectivity index is 2.16. The standard InChI is InChI=1S/C17H19NO2S/c1-3-16(20)15-6-4-5-7-17(15)21-14-10-8-13(9-11-14)18-12(2)19/h4-11,16,20H,3H2,1-2H3,(H,18,19)/t16-/m0/s1. The third-order valence-corrected chi connectivity index (χ3v) is 4.17. The van der Waals surface area contributed by atoms with Gasteiger partial charge in [-0.15, -0.1) is 0 Å². The molecule has 0 aliphatic carbocycles. The molecule has 0 heterocycles. The Morgan fingerprint density at radius 1 is 1.19 bits per heavy atom. The molecule has 110 valence electrons. The average Bonchev–Trinajstić information content (AvgIpc) is 2.48. The van der Waals surface area contributed by atoms with Gasteiger partial charge < -0.3 is 10.4 Å². The van der Waals surface area contributed by atoms with Gasteiger partial charge in [0.25, 0.3) is 0 Å². The van der Waals surface area contributed by atoms with E-state index in [4.69, 9.17) is 0 Å². The van der Waals surface area contributed by atoms with Crippen LogP contribution in [0.5, 0.6) is 0 Å². The van der Waals surface area contributed by atoms with Gasteiger partial charge in [0.05, 0.1) is 6.10 Å². The van der Waals surface area contributed by atoms with Crippen molar-refractivity contribution in [3.8, 4) is 0 Å². The van der Waals surface area contributed by atoms with Gasteiger partial charge >= 0.3 is 0 Å². The highest BCUT2D eigenvalue weighted by molar-refractivity contribution is 7.99. The van der Waals surface area contributed by atoms with Crippen LogP contribution in [-0.2, 0) is 4.79 Å². The Labute approximate surface area is 129 Å². The molecule has 0 saturated carbocycles. The van der Waals surface area contributed by atoms with Crippen LogP contribution < -0.4 is 5.32 Å². The maximum Gasteiger partial charge on any atom is 0.221 e. The molecule has 1 amide bonds. The number of amides is 1. The van der Waals surface area contributed by atoms with Crippen LogP contribution in [0.25, 0.3) is 0 Å².